The van der Waals surface area contributed by atoms with Crippen molar-refractivity contribution in [2.24, 2.45) is 0 Å². The number of benzene rings is 2. The molecule has 0 aliphatic heterocycles. The SMILES string of the molecule is O=C(NCC[C@H](O)c1ccccc1)c1ccn(-c2cccc(C(F)(F)F)c2)n1. The summed E-state index contributed by atoms with van der Waals surface area (Å²) in [6, 6.07) is 15.2. The maximum absolute atomic E-state index is 12.8. The van der Waals surface area contributed by atoms with Gasteiger partial charge in [0.25, 0.3) is 5.91 Å². The van der Waals surface area contributed by atoms with E-state index in [4.69, 9.17) is 0 Å². The summed E-state index contributed by atoms with van der Waals surface area (Å²) < 4.78 is 39.7. The van der Waals surface area contributed by atoms with Gasteiger partial charge in [-0.05, 0) is 36.2 Å². The summed E-state index contributed by atoms with van der Waals surface area (Å²) in [6.45, 7) is 0.227. The van der Waals surface area contributed by atoms with Gasteiger partial charge in [-0.15, -0.1) is 0 Å². The van der Waals surface area contributed by atoms with Gasteiger partial charge in [0.1, 0.15) is 0 Å². The molecule has 28 heavy (non-hydrogen) atoms. The van der Waals surface area contributed by atoms with E-state index in [1.807, 2.05) is 18.2 Å². The van der Waals surface area contributed by atoms with Crippen molar-refractivity contribution in [1.82, 2.24) is 15.1 Å². The van der Waals surface area contributed by atoms with Crippen molar-refractivity contribution < 1.29 is 23.1 Å². The zero-order valence-electron chi connectivity index (χ0n) is 14.7. The molecule has 8 heteroatoms. The van der Waals surface area contributed by atoms with Crippen LogP contribution in [0.1, 0.15) is 34.1 Å². The van der Waals surface area contributed by atoms with Crippen LogP contribution in [0.15, 0.2) is 66.9 Å². The van der Waals surface area contributed by atoms with Crippen LogP contribution < -0.4 is 5.32 Å². The lowest BCUT2D eigenvalue weighted by Gasteiger charge is -2.11. The van der Waals surface area contributed by atoms with E-state index in [0.29, 0.717) is 6.42 Å². The second-order valence-corrected chi connectivity index (χ2v) is 6.16. The van der Waals surface area contributed by atoms with Crippen LogP contribution in [-0.2, 0) is 6.18 Å². The van der Waals surface area contributed by atoms with E-state index in [2.05, 4.69) is 10.4 Å². The molecule has 0 fully saturated rings. The average Bonchev–Trinajstić information content (AvgIpc) is 3.18. The molecule has 0 aliphatic rings. The van der Waals surface area contributed by atoms with E-state index < -0.39 is 23.8 Å². The largest absolute Gasteiger partial charge is 0.416 e. The van der Waals surface area contributed by atoms with Crippen molar-refractivity contribution in [2.45, 2.75) is 18.7 Å². The van der Waals surface area contributed by atoms with Gasteiger partial charge in [0.15, 0.2) is 5.69 Å². The Morgan fingerprint density at radius 3 is 2.57 bits per heavy atom. The van der Waals surface area contributed by atoms with E-state index in [-0.39, 0.29) is 17.9 Å². The van der Waals surface area contributed by atoms with E-state index in [0.717, 1.165) is 17.7 Å². The van der Waals surface area contributed by atoms with Gasteiger partial charge in [-0.1, -0.05) is 36.4 Å². The van der Waals surface area contributed by atoms with Gasteiger partial charge in [-0.2, -0.15) is 18.3 Å². The summed E-state index contributed by atoms with van der Waals surface area (Å²) in [5.41, 5.74) is 0.243. The lowest BCUT2D eigenvalue weighted by atomic mass is 10.1. The standard InChI is InChI=1S/C20H18F3N3O2/c21-20(22,23)15-7-4-8-16(13-15)26-12-10-17(25-26)19(28)24-11-9-18(27)14-5-2-1-3-6-14/h1-8,10,12-13,18,27H,9,11H2,(H,24,28)/t18-/m0/s1. The smallest absolute Gasteiger partial charge is 0.388 e. The molecule has 2 N–H and O–H groups in total. The molecular weight excluding hydrogens is 371 g/mol. The summed E-state index contributed by atoms with van der Waals surface area (Å²) in [6.07, 6.45) is -3.42. The van der Waals surface area contributed by atoms with Gasteiger partial charge in [-0.25, -0.2) is 4.68 Å². The summed E-state index contributed by atoms with van der Waals surface area (Å²) in [4.78, 5) is 12.2. The predicted octanol–water partition coefficient (Wildman–Crippen LogP) is 3.74. The Kier molecular flexibility index (Phi) is 5.79. The summed E-state index contributed by atoms with van der Waals surface area (Å²) >= 11 is 0. The number of carbonyl (C=O) groups excluding carboxylic acids is 1. The van der Waals surface area contributed by atoms with Gasteiger partial charge < -0.3 is 10.4 Å². The van der Waals surface area contributed by atoms with E-state index >= 15 is 0 Å². The Balaban J connectivity index is 1.60. The first kappa shape index (κ1) is 19.6. The molecule has 0 radical (unpaired) electrons. The molecule has 0 unspecified atom stereocenters. The van der Waals surface area contributed by atoms with Crippen LogP contribution in [0.5, 0.6) is 0 Å². The van der Waals surface area contributed by atoms with Crippen molar-refractivity contribution in [3.05, 3.63) is 83.7 Å². The summed E-state index contributed by atoms with van der Waals surface area (Å²) in [5, 5.41) is 16.8. The van der Waals surface area contributed by atoms with Gasteiger partial charge >= 0.3 is 6.18 Å². The second kappa shape index (κ2) is 8.26. The lowest BCUT2D eigenvalue weighted by Crippen LogP contribution is -2.26. The molecule has 1 heterocycles. The third-order valence-electron chi connectivity index (χ3n) is 4.15. The summed E-state index contributed by atoms with van der Waals surface area (Å²) in [7, 11) is 0. The Morgan fingerprint density at radius 2 is 1.86 bits per heavy atom. The number of halogens is 3. The maximum Gasteiger partial charge on any atom is 0.416 e. The number of alkyl halides is 3. The van der Waals surface area contributed by atoms with Gasteiger partial charge in [0, 0.05) is 12.7 Å². The van der Waals surface area contributed by atoms with Crippen molar-refractivity contribution in [2.75, 3.05) is 6.54 Å². The van der Waals surface area contributed by atoms with Crippen LogP contribution in [0.2, 0.25) is 0 Å². The maximum atomic E-state index is 12.8. The van der Waals surface area contributed by atoms with Gasteiger partial charge in [0.05, 0.1) is 17.4 Å². The minimum absolute atomic E-state index is 0.0756. The molecule has 0 aliphatic carbocycles. The number of aliphatic hydroxyl groups excluding tert-OH is 1. The van der Waals surface area contributed by atoms with Crippen molar-refractivity contribution >= 4 is 5.91 Å². The molecule has 5 nitrogen and oxygen atoms in total. The van der Waals surface area contributed by atoms with E-state index in [9.17, 15) is 23.1 Å². The number of aromatic nitrogens is 2. The first-order chi connectivity index (χ1) is 13.3. The van der Waals surface area contributed by atoms with Gasteiger partial charge in [-0.3, -0.25) is 4.79 Å². The number of carbonyl (C=O) groups is 1. The molecular formula is C20H18F3N3O2. The first-order valence-corrected chi connectivity index (χ1v) is 8.59. The molecule has 1 amide bonds. The third-order valence-corrected chi connectivity index (χ3v) is 4.15. The normalized spacial score (nSPS) is 12.6. The fraction of sp³-hybridized carbons (Fsp3) is 0.200. The fourth-order valence-corrected chi connectivity index (χ4v) is 2.67. The highest BCUT2D eigenvalue weighted by molar-refractivity contribution is 5.92. The minimum atomic E-state index is -4.46. The Bertz CT molecular complexity index is 939. The predicted molar refractivity (Wildman–Crippen MR) is 96.9 cm³/mol. The number of hydrogen-bond donors (Lipinski definition) is 2. The monoisotopic (exact) mass is 389 g/mol. The molecule has 3 aromatic rings. The number of hydrogen-bond acceptors (Lipinski definition) is 3. The number of aliphatic hydroxyl groups is 1. The zero-order valence-corrected chi connectivity index (χ0v) is 14.7. The third kappa shape index (κ3) is 4.77. The number of nitrogens with zero attached hydrogens (tertiary/aromatic N) is 2. The molecule has 0 spiro atoms. The number of amides is 1. The molecule has 0 saturated heterocycles. The quantitative estimate of drug-likeness (QED) is 0.675. The van der Waals surface area contributed by atoms with Crippen molar-refractivity contribution in [3.63, 3.8) is 0 Å². The second-order valence-electron chi connectivity index (χ2n) is 6.16. The topological polar surface area (TPSA) is 67.2 Å². The molecule has 1 aromatic heterocycles. The molecule has 0 bridgehead atoms. The number of rotatable bonds is 6. The van der Waals surface area contributed by atoms with Crippen molar-refractivity contribution in [3.8, 4) is 5.69 Å². The highest BCUT2D eigenvalue weighted by atomic mass is 19.4. The molecule has 2 aromatic carbocycles. The van der Waals surface area contributed by atoms with Crippen LogP contribution in [0, 0.1) is 0 Å². The lowest BCUT2D eigenvalue weighted by molar-refractivity contribution is -0.137. The molecule has 3 rings (SSSR count). The van der Waals surface area contributed by atoms with Gasteiger partial charge in [0.2, 0.25) is 0 Å². The highest BCUT2D eigenvalue weighted by Crippen LogP contribution is 2.30. The average molecular weight is 389 g/mol. The Morgan fingerprint density at radius 1 is 1.11 bits per heavy atom. The Hall–Kier alpha value is -3.13. The van der Waals surface area contributed by atoms with Crippen LogP contribution >= 0.6 is 0 Å². The van der Waals surface area contributed by atoms with E-state index in [1.54, 1.807) is 12.1 Å². The summed E-state index contributed by atoms with van der Waals surface area (Å²) in [5.74, 6) is -0.467. The minimum Gasteiger partial charge on any atom is -0.388 e. The highest BCUT2D eigenvalue weighted by Gasteiger charge is 2.30. The van der Waals surface area contributed by atoms with Crippen molar-refractivity contribution in [1.29, 1.82) is 0 Å². The Labute approximate surface area is 159 Å². The van der Waals surface area contributed by atoms with Crippen LogP contribution in [0.25, 0.3) is 5.69 Å². The van der Waals surface area contributed by atoms with Crippen LogP contribution in [-0.4, -0.2) is 27.3 Å². The number of nitrogens with one attached hydrogen (secondary N) is 1. The molecule has 146 valence electrons. The first-order valence-electron chi connectivity index (χ1n) is 8.59. The van der Waals surface area contributed by atoms with Crippen LogP contribution in [0.4, 0.5) is 13.2 Å². The molecule has 1 atom stereocenters. The zero-order chi connectivity index (χ0) is 20.1. The molecule has 0 saturated carbocycles. The van der Waals surface area contributed by atoms with E-state index in [1.165, 1.54) is 29.1 Å². The van der Waals surface area contributed by atoms with Crippen LogP contribution in [0.3, 0.4) is 0 Å². The fourth-order valence-electron chi connectivity index (χ4n) is 2.67.